The molecule has 0 unspecified atom stereocenters. The lowest BCUT2D eigenvalue weighted by Gasteiger charge is -2.38. The highest BCUT2D eigenvalue weighted by atomic mass is 32.2. The lowest BCUT2D eigenvalue weighted by atomic mass is 9.74. The molecule has 0 saturated carbocycles. The zero-order chi connectivity index (χ0) is 27.0. The van der Waals surface area contributed by atoms with Gasteiger partial charge in [-0.1, -0.05) is 36.4 Å². The molecule has 0 radical (unpaired) electrons. The number of aliphatic hydroxyl groups is 1. The Balaban J connectivity index is 1.73. The summed E-state index contributed by atoms with van der Waals surface area (Å²) < 4.78 is 44.4. The van der Waals surface area contributed by atoms with Gasteiger partial charge in [-0.2, -0.15) is 0 Å². The van der Waals surface area contributed by atoms with Crippen LogP contribution in [0.1, 0.15) is 0 Å². The quantitative estimate of drug-likeness (QED) is 0.330. The molecule has 0 spiro atoms. The molecule has 10 nitrogen and oxygen atoms in total. The van der Waals surface area contributed by atoms with E-state index in [1.807, 2.05) is 31.1 Å². The van der Waals surface area contributed by atoms with Crippen molar-refractivity contribution in [2.24, 2.45) is 5.92 Å². The fourth-order valence-electron chi connectivity index (χ4n) is 5.19. The minimum absolute atomic E-state index is 0.0742. The summed E-state index contributed by atoms with van der Waals surface area (Å²) in [6.07, 6.45) is 2.33. The fraction of sp³-hybridized carbons (Fsp3) is 0.440. The first kappa shape index (κ1) is 27.4. The summed E-state index contributed by atoms with van der Waals surface area (Å²) in [5.74, 6) is -2.56. The molecule has 0 aromatic heterocycles. The van der Waals surface area contributed by atoms with Crippen LogP contribution < -0.4 is 9.62 Å². The van der Waals surface area contributed by atoms with E-state index in [-0.39, 0.29) is 23.8 Å². The van der Waals surface area contributed by atoms with Gasteiger partial charge < -0.3 is 24.2 Å². The van der Waals surface area contributed by atoms with Gasteiger partial charge in [-0.15, -0.1) is 11.8 Å². The molecule has 2 aromatic carbocycles. The highest BCUT2D eigenvalue weighted by Gasteiger charge is 2.72. The number of sulfonamides is 1. The number of thioether (sulfide) groups is 1. The number of esters is 2. The fourth-order valence-corrected chi connectivity index (χ4v) is 7.87. The van der Waals surface area contributed by atoms with Gasteiger partial charge in [0.05, 0.1) is 25.7 Å². The van der Waals surface area contributed by atoms with Crippen molar-refractivity contribution < 1.29 is 37.3 Å². The van der Waals surface area contributed by atoms with E-state index >= 15 is 0 Å². The zero-order valence-electron chi connectivity index (χ0n) is 21.0. The molecule has 37 heavy (non-hydrogen) atoms. The lowest BCUT2D eigenvalue weighted by molar-refractivity contribution is -0.156. The highest BCUT2D eigenvalue weighted by molar-refractivity contribution is 8.01. The number of ether oxygens (including phenoxy) is 3. The summed E-state index contributed by atoms with van der Waals surface area (Å²) in [5.41, 5.74) is -0.635. The van der Waals surface area contributed by atoms with Crippen molar-refractivity contribution in [3.63, 3.8) is 0 Å². The number of aliphatic hydroxyl groups excluding tert-OH is 1. The average molecular weight is 551 g/mol. The number of carbonyl (C=O) groups excluding carboxylic acids is 2. The topological polar surface area (TPSA) is 131 Å². The molecular formula is C25H30N2O8S2. The molecule has 4 rings (SSSR count). The maximum atomic E-state index is 13.6. The molecule has 2 bridgehead atoms. The van der Waals surface area contributed by atoms with Gasteiger partial charge in [0.25, 0.3) is 0 Å². The maximum Gasteiger partial charge on any atom is 0.326 e. The second-order valence-electron chi connectivity index (χ2n) is 9.01. The molecule has 12 heteroatoms. The summed E-state index contributed by atoms with van der Waals surface area (Å²) in [4.78, 5) is 28.1. The van der Waals surface area contributed by atoms with Crippen LogP contribution in [0.4, 0.5) is 5.69 Å². The minimum Gasteiger partial charge on any atom is -0.469 e. The van der Waals surface area contributed by atoms with Gasteiger partial charge in [0, 0.05) is 42.9 Å². The number of methoxy groups -OCH3 is 2. The molecule has 0 amide bonds. The Morgan fingerprint density at radius 1 is 1.14 bits per heavy atom. The summed E-state index contributed by atoms with van der Waals surface area (Å²) in [7, 11) is 2.06. The average Bonchev–Trinajstić information content (AvgIpc) is 3.45. The molecule has 4 atom stereocenters. The standard InChI is InChI=1S/C25H30N2O8S2/c1-27(2)18-9-5-8-17-16(18)7-6-10-19(17)37(31,32)26-15-24-12-11-20(35-24)25(23(30)34-4,36-14-13-28)21(24)22(29)33-3/h5-12,20-21,26,28H,13-15H2,1-4H3/t20-,21-,24-,25-/m1/s1. The van der Waals surface area contributed by atoms with Gasteiger partial charge in [0.2, 0.25) is 10.0 Å². The number of rotatable bonds is 10. The molecule has 1 fully saturated rings. The first-order valence-electron chi connectivity index (χ1n) is 11.5. The van der Waals surface area contributed by atoms with E-state index < -0.39 is 44.3 Å². The van der Waals surface area contributed by atoms with Gasteiger partial charge in [0.1, 0.15) is 17.6 Å². The van der Waals surface area contributed by atoms with Gasteiger partial charge in [-0.05, 0) is 12.1 Å². The second-order valence-corrected chi connectivity index (χ2v) is 12.1. The summed E-state index contributed by atoms with van der Waals surface area (Å²) >= 11 is 1.03. The van der Waals surface area contributed by atoms with E-state index in [0.717, 1.165) is 22.8 Å². The first-order valence-corrected chi connectivity index (χ1v) is 14.0. The van der Waals surface area contributed by atoms with E-state index in [4.69, 9.17) is 14.2 Å². The second kappa shape index (κ2) is 10.3. The van der Waals surface area contributed by atoms with Gasteiger partial charge in [0.15, 0.2) is 4.75 Å². The number of benzene rings is 2. The van der Waals surface area contributed by atoms with Gasteiger partial charge >= 0.3 is 11.9 Å². The Hall–Kier alpha value is -2.64. The van der Waals surface area contributed by atoms with Crippen LogP contribution in [0.3, 0.4) is 0 Å². The molecule has 200 valence electrons. The number of nitrogens with one attached hydrogen (secondary N) is 1. The van der Waals surface area contributed by atoms with Crippen LogP contribution >= 0.6 is 11.8 Å². The van der Waals surface area contributed by atoms with Crippen molar-refractivity contribution in [3.8, 4) is 0 Å². The number of hydrogen-bond donors (Lipinski definition) is 2. The van der Waals surface area contributed by atoms with E-state index in [2.05, 4.69) is 4.72 Å². The Kier molecular flexibility index (Phi) is 7.59. The zero-order valence-corrected chi connectivity index (χ0v) is 22.6. The number of carbonyl (C=O) groups is 2. The van der Waals surface area contributed by atoms with Gasteiger partial charge in [-0.25, -0.2) is 13.1 Å². The van der Waals surface area contributed by atoms with Crippen LogP contribution in [0.25, 0.3) is 10.8 Å². The predicted octanol–water partition coefficient (Wildman–Crippen LogP) is 1.32. The van der Waals surface area contributed by atoms with Crippen LogP contribution in [0, 0.1) is 5.92 Å². The third-order valence-corrected chi connectivity index (χ3v) is 9.74. The van der Waals surface area contributed by atoms with Crippen molar-refractivity contribution in [3.05, 3.63) is 48.6 Å². The third-order valence-electron chi connectivity index (χ3n) is 6.78. The number of anilines is 1. The molecule has 2 aliphatic rings. The molecule has 2 N–H and O–H groups in total. The first-order chi connectivity index (χ1) is 17.6. The van der Waals surface area contributed by atoms with E-state index in [1.165, 1.54) is 20.3 Å². The summed E-state index contributed by atoms with van der Waals surface area (Å²) in [6, 6.07) is 10.5. The predicted molar refractivity (Wildman–Crippen MR) is 140 cm³/mol. The maximum absolute atomic E-state index is 13.6. The third kappa shape index (κ3) is 4.40. The molecule has 1 saturated heterocycles. The van der Waals surface area contributed by atoms with Crippen LogP contribution in [0.2, 0.25) is 0 Å². The summed E-state index contributed by atoms with van der Waals surface area (Å²) in [5, 5.41) is 10.8. The smallest absolute Gasteiger partial charge is 0.326 e. The van der Waals surface area contributed by atoms with Crippen LogP contribution in [-0.2, 0) is 33.8 Å². The van der Waals surface area contributed by atoms with Crippen molar-refractivity contribution >= 4 is 50.2 Å². The monoisotopic (exact) mass is 550 g/mol. The van der Waals surface area contributed by atoms with Crippen molar-refractivity contribution in [1.82, 2.24) is 4.72 Å². The highest BCUT2D eigenvalue weighted by Crippen LogP contribution is 2.56. The number of nitrogens with zero attached hydrogens (tertiary/aromatic N) is 1. The van der Waals surface area contributed by atoms with Crippen molar-refractivity contribution in [1.29, 1.82) is 0 Å². The molecule has 2 heterocycles. The lowest BCUT2D eigenvalue weighted by Crippen LogP contribution is -2.58. The Morgan fingerprint density at radius 3 is 2.49 bits per heavy atom. The number of hydrogen-bond acceptors (Lipinski definition) is 10. The Morgan fingerprint density at radius 2 is 1.84 bits per heavy atom. The van der Waals surface area contributed by atoms with E-state index in [9.17, 15) is 23.1 Å². The molecule has 0 aliphatic carbocycles. The van der Waals surface area contributed by atoms with Crippen molar-refractivity contribution in [2.45, 2.75) is 21.3 Å². The largest absolute Gasteiger partial charge is 0.469 e. The van der Waals surface area contributed by atoms with Gasteiger partial charge in [-0.3, -0.25) is 9.59 Å². The molecule has 2 aliphatic heterocycles. The van der Waals surface area contributed by atoms with E-state index in [1.54, 1.807) is 30.4 Å². The Labute approximate surface area is 220 Å². The van der Waals surface area contributed by atoms with Crippen LogP contribution in [-0.4, -0.2) is 89.1 Å². The van der Waals surface area contributed by atoms with Crippen LogP contribution in [0.5, 0.6) is 0 Å². The van der Waals surface area contributed by atoms with E-state index in [0.29, 0.717) is 5.39 Å². The minimum atomic E-state index is -4.08. The SMILES string of the molecule is COC(=O)[C@H]1[C@@](SCCO)(C(=O)OC)[C@H]2C=C[C@]1(CNS(=O)(=O)c1cccc3c(N(C)C)cccc13)O2. The number of fused-ring (bicyclic) bond motifs is 3. The normalized spacial score (nSPS) is 26.4. The van der Waals surface area contributed by atoms with Crippen molar-refractivity contribution in [2.75, 3.05) is 52.1 Å². The Bertz CT molecular complexity index is 1350. The molecular weight excluding hydrogens is 520 g/mol. The summed E-state index contributed by atoms with van der Waals surface area (Å²) in [6.45, 7) is -0.576. The molecule has 2 aromatic rings. The van der Waals surface area contributed by atoms with Crippen LogP contribution in [0.15, 0.2) is 53.4 Å².